The number of aryl methyl sites for hydroxylation is 3. The Labute approximate surface area is 211 Å². The molecule has 0 aliphatic heterocycles. The first kappa shape index (κ1) is 34.0. The molecular weight excluding hydrogens is 443 g/mol. The van der Waals surface area contributed by atoms with Crippen LogP contribution in [0.1, 0.15) is 93.9 Å². The topological polar surface area (TPSA) is 63.6 Å². The minimum Gasteiger partial charge on any atom is -0.483 e. The second kappa shape index (κ2) is 20.3. The normalized spacial score (nSPS) is 10.9. The minimum atomic E-state index is -0.250. The number of hydrogen-bond acceptors (Lipinski definition) is 3. The van der Waals surface area contributed by atoms with E-state index >= 15 is 0 Å². The third kappa shape index (κ3) is 16.2. The van der Waals surface area contributed by atoms with Crippen molar-refractivity contribution < 1.29 is 23.8 Å². The molecule has 0 heterocycles. The first-order valence-electron chi connectivity index (χ1n) is 12.3. The van der Waals surface area contributed by atoms with E-state index < -0.39 is 0 Å². The van der Waals surface area contributed by atoms with Gasteiger partial charge in [-0.05, 0) is 68.9 Å². The number of esters is 1. The SMILES string of the molecule is C#Cc1ccc(CC)c(F)c1.CC.CC1CC1.CCc1cc(C)ccc1C(=O)OC(C)C.O=CO. The Hall–Kier alpha value is -3.13. The summed E-state index contributed by atoms with van der Waals surface area (Å²) in [4.78, 5) is 20.1. The van der Waals surface area contributed by atoms with Crippen molar-refractivity contribution in [3.05, 3.63) is 70.0 Å². The zero-order valence-electron chi connectivity index (χ0n) is 22.7. The van der Waals surface area contributed by atoms with Gasteiger partial charge in [0.05, 0.1) is 11.7 Å². The van der Waals surface area contributed by atoms with Crippen LogP contribution in [-0.4, -0.2) is 23.7 Å². The van der Waals surface area contributed by atoms with E-state index in [4.69, 9.17) is 21.1 Å². The summed E-state index contributed by atoms with van der Waals surface area (Å²) >= 11 is 0. The van der Waals surface area contributed by atoms with Gasteiger partial charge in [-0.1, -0.05) is 77.1 Å². The van der Waals surface area contributed by atoms with Gasteiger partial charge in [-0.2, -0.15) is 0 Å². The molecule has 0 bridgehead atoms. The Morgan fingerprint density at radius 3 is 2.03 bits per heavy atom. The van der Waals surface area contributed by atoms with Gasteiger partial charge in [0, 0.05) is 5.56 Å². The molecule has 0 spiro atoms. The van der Waals surface area contributed by atoms with Crippen molar-refractivity contribution >= 4 is 12.4 Å². The van der Waals surface area contributed by atoms with Gasteiger partial charge in [0.25, 0.3) is 6.47 Å². The van der Waals surface area contributed by atoms with Crippen LogP contribution in [0.5, 0.6) is 0 Å². The van der Waals surface area contributed by atoms with Crippen LogP contribution in [0.25, 0.3) is 0 Å². The lowest BCUT2D eigenvalue weighted by atomic mass is 10.0. The van der Waals surface area contributed by atoms with Gasteiger partial charge in [0.2, 0.25) is 0 Å². The third-order valence-corrected chi connectivity index (χ3v) is 4.67. The molecule has 0 radical (unpaired) electrons. The van der Waals surface area contributed by atoms with E-state index in [1.54, 1.807) is 12.1 Å². The van der Waals surface area contributed by atoms with Gasteiger partial charge in [-0.3, -0.25) is 4.79 Å². The first-order valence-corrected chi connectivity index (χ1v) is 12.3. The predicted octanol–water partition coefficient (Wildman–Crippen LogP) is 7.64. The average Bonchev–Trinajstić information content (AvgIpc) is 3.63. The Balaban J connectivity index is 0. The lowest BCUT2D eigenvalue weighted by molar-refractivity contribution is -0.122. The molecule has 1 N–H and O–H groups in total. The van der Waals surface area contributed by atoms with Crippen molar-refractivity contribution in [1.82, 2.24) is 0 Å². The number of halogens is 1. The molecule has 3 rings (SSSR count). The van der Waals surface area contributed by atoms with Gasteiger partial charge < -0.3 is 9.84 Å². The van der Waals surface area contributed by atoms with Crippen LogP contribution in [0, 0.1) is 31.0 Å². The molecule has 1 aliphatic rings. The molecule has 1 aliphatic carbocycles. The highest BCUT2D eigenvalue weighted by molar-refractivity contribution is 5.91. The average molecular weight is 487 g/mol. The summed E-state index contributed by atoms with van der Waals surface area (Å²) in [5.41, 5.74) is 4.23. The molecule has 1 fully saturated rings. The van der Waals surface area contributed by atoms with Crippen molar-refractivity contribution in [2.45, 2.75) is 87.2 Å². The van der Waals surface area contributed by atoms with E-state index in [2.05, 4.69) is 12.8 Å². The molecule has 0 saturated heterocycles. The molecule has 0 amide bonds. The summed E-state index contributed by atoms with van der Waals surface area (Å²) in [5, 5.41) is 6.89. The van der Waals surface area contributed by atoms with E-state index in [9.17, 15) is 9.18 Å². The standard InChI is InChI=1S/C13H18O2.C10H9F.C4H8.C2H6.CH2O2/c1-5-11-8-10(4)6-7-12(11)13(14)15-9(2)3;1-3-8-5-6-9(4-2)10(11)7-8;1-4-2-3-4;1-2;2-1-3/h6-9H,5H2,1-4H3;1,5-7H,4H2,2H3;4H,2-3H2,1H3;1-2H3;1H,(H,2,3). The van der Waals surface area contributed by atoms with Crippen molar-refractivity contribution in [3.63, 3.8) is 0 Å². The van der Waals surface area contributed by atoms with E-state index in [1.165, 1.54) is 24.5 Å². The zero-order valence-corrected chi connectivity index (χ0v) is 22.7. The van der Waals surface area contributed by atoms with E-state index in [0.29, 0.717) is 23.1 Å². The quantitative estimate of drug-likeness (QED) is 0.274. The highest BCUT2D eigenvalue weighted by Crippen LogP contribution is 2.26. The number of carboxylic acid groups (broad SMARTS) is 1. The maximum absolute atomic E-state index is 12.9. The lowest BCUT2D eigenvalue weighted by Crippen LogP contribution is -2.13. The predicted molar refractivity (Wildman–Crippen MR) is 143 cm³/mol. The van der Waals surface area contributed by atoms with Crippen molar-refractivity contribution in [2.75, 3.05) is 0 Å². The molecule has 4 nitrogen and oxygen atoms in total. The van der Waals surface area contributed by atoms with Crippen LogP contribution in [0.3, 0.4) is 0 Å². The van der Waals surface area contributed by atoms with Gasteiger partial charge in [-0.25, -0.2) is 9.18 Å². The number of rotatable bonds is 4. The Morgan fingerprint density at radius 1 is 1.14 bits per heavy atom. The summed E-state index contributed by atoms with van der Waals surface area (Å²) in [5.74, 6) is 3.04. The first-order chi connectivity index (χ1) is 16.6. The fourth-order valence-electron chi connectivity index (χ4n) is 2.58. The van der Waals surface area contributed by atoms with Crippen molar-refractivity contribution in [2.24, 2.45) is 5.92 Å². The summed E-state index contributed by atoms with van der Waals surface area (Å²) in [6.45, 7) is 15.7. The van der Waals surface area contributed by atoms with Gasteiger partial charge in [0.1, 0.15) is 5.82 Å². The number of carbonyl (C=O) groups excluding carboxylic acids is 1. The molecule has 5 heteroatoms. The minimum absolute atomic E-state index is 0.0662. The Kier molecular flexibility index (Phi) is 19.7. The van der Waals surface area contributed by atoms with Crippen LogP contribution in [0.2, 0.25) is 0 Å². The van der Waals surface area contributed by atoms with Crippen LogP contribution >= 0.6 is 0 Å². The van der Waals surface area contributed by atoms with Crippen molar-refractivity contribution in [1.29, 1.82) is 0 Å². The molecule has 0 unspecified atom stereocenters. The van der Waals surface area contributed by atoms with Gasteiger partial charge >= 0.3 is 5.97 Å². The van der Waals surface area contributed by atoms with Crippen LogP contribution in [0.15, 0.2) is 36.4 Å². The second-order valence-corrected chi connectivity index (χ2v) is 8.06. The molecule has 194 valence electrons. The Bertz CT molecular complexity index is 909. The summed E-state index contributed by atoms with van der Waals surface area (Å²) in [6, 6.07) is 10.7. The smallest absolute Gasteiger partial charge is 0.338 e. The Morgan fingerprint density at radius 2 is 1.66 bits per heavy atom. The maximum Gasteiger partial charge on any atom is 0.338 e. The fraction of sp³-hybridized carbons (Fsp3) is 0.467. The highest BCUT2D eigenvalue weighted by Gasteiger charge is 2.13. The summed E-state index contributed by atoms with van der Waals surface area (Å²) < 4.78 is 18.1. The van der Waals surface area contributed by atoms with Gasteiger partial charge in [-0.15, -0.1) is 6.42 Å². The molecule has 1 saturated carbocycles. The molecule has 0 atom stereocenters. The number of terminal acetylenes is 1. The monoisotopic (exact) mass is 486 g/mol. The van der Waals surface area contributed by atoms with E-state index in [-0.39, 0.29) is 24.4 Å². The second-order valence-electron chi connectivity index (χ2n) is 8.06. The molecular formula is C30H43FO4. The van der Waals surface area contributed by atoms with E-state index in [1.807, 2.05) is 66.7 Å². The summed E-state index contributed by atoms with van der Waals surface area (Å²) in [7, 11) is 0. The third-order valence-electron chi connectivity index (χ3n) is 4.67. The van der Waals surface area contributed by atoms with Crippen LogP contribution in [-0.2, 0) is 22.4 Å². The molecule has 2 aromatic rings. The summed E-state index contributed by atoms with van der Waals surface area (Å²) in [6.07, 6.45) is 9.56. The van der Waals surface area contributed by atoms with Crippen LogP contribution < -0.4 is 0 Å². The number of benzene rings is 2. The van der Waals surface area contributed by atoms with E-state index in [0.717, 1.165) is 17.9 Å². The molecule has 35 heavy (non-hydrogen) atoms. The van der Waals surface area contributed by atoms with Gasteiger partial charge in [0.15, 0.2) is 0 Å². The largest absolute Gasteiger partial charge is 0.483 e. The lowest BCUT2D eigenvalue weighted by Gasteiger charge is -2.11. The number of ether oxygens (including phenoxy) is 1. The molecule has 2 aromatic carbocycles. The van der Waals surface area contributed by atoms with Crippen LogP contribution in [0.4, 0.5) is 4.39 Å². The number of hydrogen-bond donors (Lipinski definition) is 1. The molecule has 0 aromatic heterocycles. The zero-order chi connectivity index (χ0) is 27.4. The highest BCUT2D eigenvalue weighted by atomic mass is 19.1. The maximum atomic E-state index is 12.9. The van der Waals surface area contributed by atoms with Crippen molar-refractivity contribution in [3.8, 4) is 12.3 Å². The number of carbonyl (C=O) groups is 2. The fourth-order valence-corrected chi connectivity index (χ4v) is 2.58.